The first-order chi connectivity index (χ1) is 12.0. The Morgan fingerprint density at radius 2 is 1.88 bits per heavy atom. The lowest BCUT2D eigenvalue weighted by Crippen LogP contribution is -2.19. The van der Waals surface area contributed by atoms with Gasteiger partial charge in [0.2, 0.25) is 0 Å². The molecule has 25 heavy (non-hydrogen) atoms. The highest BCUT2D eigenvalue weighted by Gasteiger charge is 2.08. The zero-order valence-electron chi connectivity index (χ0n) is 13.5. The number of hydrazone groups is 1. The molecule has 2 aromatic rings. The largest absolute Gasteiger partial charge is 0.435 e. The van der Waals surface area contributed by atoms with Crippen molar-refractivity contribution in [3.05, 3.63) is 64.1 Å². The van der Waals surface area contributed by atoms with Crippen LogP contribution in [0.2, 0.25) is 0 Å². The fourth-order valence-electron chi connectivity index (χ4n) is 2.07. The summed E-state index contributed by atoms with van der Waals surface area (Å²) in [7, 11) is 0. The fourth-order valence-corrected chi connectivity index (χ4v) is 2.54. The number of carbonyl (C=O) groups excluding carboxylic acids is 1. The molecule has 4 nitrogen and oxygen atoms in total. The third-order valence-electron chi connectivity index (χ3n) is 3.39. The van der Waals surface area contributed by atoms with E-state index in [4.69, 9.17) is 0 Å². The van der Waals surface area contributed by atoms with Crippen LogP contribution in [0.4, 0.5) is 8.78 Å². The Balaban J connectivity index is 1.85. The molecular weight excluding hydrogens is 394 g/mol. The average molecular weight is 411 g/mol. The van der Waals surface area contributed by atoms with E-state index >= 15 is 0 Å². The van der Waals surface area contributed by atoms with Crippen molar-refractivity contribution in [2.45, 2.75) is 26.4 Å². The molecule has 2 aromatic carbocycles. The lowest BCUT2D eigenvalue weighted by atomic mass is 10.1. The Morgan fingerprint density at radius 3 is 2.52 bits per heavy atom. The predicted octanol–water partition coefficient (Wildman–Crippen LogP) is 4.79. The van der Waals surface area contributed by atoms with Gasteiger partial charge in [0.25, 0.3) is 5.91 Å². The molecule has 0 aliphatic rings. The number of alkyl halides is 2. The third-order valence-corrected chi connectivity index (χ3v) is 4.08. The minimum absolute atomic E-state index is 0.129. The van der Waals surface area contributed by atoms with Crippen LogP contribution in [0.25, 0.3) is 0 Å². The predicted molar refractivity (Wildman–Crippen MR) is 96.1 cm³/mol. The number of halogens is 3. The van der Waals surface area contributed by atoms with E-state index in [9.17, 15) is 13.6 Å². The number of benzene rings is 2. The van der Waals surface area contributed by atoms with E-state index in [1.165, 1.54) is 12.1 Å². The average Bonchev–Trinajstić information content (AvgIpc) is 2.59. The summed E-state index contributed by atoms with van der Waals surface area (Å²) in [4.78, 5) is 12.0. The van der Waals surface area contributed by atoms with Crippen molar-refractivity contribution in [3.63, 3.8) is 0 Å². The monoisotopic (exact) mass is 410 g/mol. The van der Waals surface area contributed by atoms with Gasteiger partial charge in [-0.2, -0.15) is 13.9 Å². The van der Waals surface area contributed by atoms with Crippen LogP contribution < -0.4 is 10.2 Å². The Kier molecular flexibility index (Phi) is 7.06. The number of carbonyl (C=O) groups is 1. The first-order valence-corrected chi connectivity index (χ1v) is 8.37. The molecule has 2 rings (SSSR count). The SMILES string of the molecule is C/C(CCc1ccc(OC(F)F)cc1)=N/NC(=O)c1ccccc1Br. The summed E-state index contributed by atoms with van der Waals surface area (Å²) in [6.07, 6.45) is 1.31. The molecule has 0 radical (unpaired) electrons. The molecule has 1 amide bonds. The van der Waals surface area contributed by atoms with Crippen LogP contribution >= 0.6 is 15.9 Å². The molecule has 0 unspecified atom stereocenters. The Hall–Kier alpha value is -2.28. The number of nitrogens with zero attached hydrogens (tertiary/aromatic N) is 1. The summed E-state index contributed by atoms with van der Waals surface area (Å²) in [5, 5.41) is 4.09. The first-order valence-electron chi connectivity index (χ1n) is 7.57. The molecule has 0 saturated heterocycles. The molecule has 0 fully saturated rings. The van der Waals surface area contributed by atoms with Crippen molar-refractivity contribution in [1.82, 2.24) is 5.43 Å². The molecule has 132 valence electrons. The summed E-state index contributed by atoms with van der Waals surface area (Å²) < 4.78 is 29.2. The second-order valence-corrected chi connectivity index (χ2v) is 6.14. The van der Waals surface area contributed by atoms with Gasteiger partial charge in [0.05, 0.1) is 5.56 Å². The van der Waals surface area contributed by atoms with Gasteiger partial charge in [-0.05, 0) is 65.5 Å². The van der Waals surface area contributed by atoms with Gasteiger partial charge in [-0.1, -0.05) is 24.3 Å². The van der Waals surface area contributed by atoms with E-state index in [1.54, 1.807) is 30.3 Å². The van der Waals surface area contributed by atoms with Crippen molar-refractivity contribution >= 4 is 27.5 Å². The van der Waals surface area contributed by atoms with Crippen molar-refractivity contribution in [2.75, 3.05) is 0 Å². The minimum atomic E-state index is -2.83. The fraction of sp³-hybridized carbons (Fsp3) is 0.222. The number of nitrogens with one attached hydrogen (secondary N) is 1. The maximum absolute atomic E-state index is 12.1. The van der Waals surface area contributed by atoms with E-state index < -0.39 is 6.61 Å². The highest BCUT2D eigenvalue weighted by molar-refractivity contribution is 9.10. The quantitative estimate of drug-likeness (QED) is 0.526. The standard InChI is InChI=1S/C18H17BrF2N2O2/c1-12(22-23-17(24)15-4-2-3-5-16(15)19)6-7-13-8-10-14(11-9-13)25-18(20)21/h2-5,8-11,18H,6-7H2,1H3,(H,23,24)/b22-12-. The number of amides is 1. The second kappa shape index (κ2) is 9.27. The van der Waals surface area contributed by atoms with Gasteiger partial charge in [0.15, 0.2) is 0 Å². The van der Waals surface area contributed by atoms with E-state index in [0.29, 0.717) is 22.9 Å². The second-order valence-electron chi connectivity index (χ2n) is 5.29. The van der Waals surface area contributed by atoms with Crippen LogP contribution in [0.5, 0.6) is 5.75 Å². The Bertz CT molecular complexity index is 749. The number of hydrogen-bond donors (Lipinski definition) is 1. The van der Waals surface area contributed by atoms with Crippen LogP contribution in [-0.4, -0.2) is 18.2 Å². The zero-order valence-corrected chi connectivity index (χ0v) is 15.1. The number of aryl methyl sites for hydroxylation is 1. The van der Waals surface area contributed by atoms with E-state index in [-0.39, 0.29) is 11.7 Å². The van der Waals surface area contributed by atoms with Gasteiger partial charge in [-0.25, -0.2) is 5.43 Å². The Labute approximate surface area is 153 Å². The van der Waals surface area contributed by atoms with E-state index in [2.05, 4.69) is 31.2 Å². The van der Waals surface area contributed by atoms with Crippen LogP contribution in [0.1, 0.15) is 29.3 Å². The van der Waals surface area contributed by atoms with Gasteiger partial charge < -0.3 is 4.74 Å². The van der Waals surface area contributed by atoms with Crippen LogP contribution in [0.3, 0.4) is 0 Å². The van der Waals surface area contributed by atoms with Gasteiger partial charge >= 0.3 is 6.61 Å². The minimum Gasteiger partial charge on any atom is -0.435 e. The van der Waals surface area contributed by atoms with Gasteiger partial charge in [0.1, 0.15) is 5.75 Å². The summed E-state index contributed by atoms with van der Waals surface area (Å²) >= 11 is 3.32. The Morgan fingerprint density at radius 1 is 1.20 bits per heavy atom. The van der Waals surface area contributed by atoms with Crippen molar-refractivity contribution in [2.24, 2.45) is 5.10 Å². The first kappa shape index (κ1) is 19.1. The van der Waals surface area contributed by atoms with Crippen LogP contribution in [0, 0.1) is 0 Å². The summed E-state index contributed by atoms with van der Waals surface area (Å²) in [6, 6.07) is 13.5. The molecule has 7 heteroatoms. The van der Waals surface area contributed by atoms with Crippen molar-refractivity contribution < 1.29 is 18.3 Å². The number of ether oxygens (including phenoxy) is 1. The smallest absolute Gasteiger partial charge is 0.387 e. The highest BCUT2D eigenvalue weighted by Crippen LogP contribution is 2.16. The normalized spacial score (nSPS) is 11.5. The van der Waals surface area contributed by atoms with E-state index in [0.717, 1.165) is 11.3 Å². The molecule has 0 saturated carbocycles. The highest BCUT2D eigenvalue weighted by atomic mass is 79.9. The molecule has 0 bridgehead atoms. The molecule has 0 aliphatic heterocycles. The maximum Gasteiger partial charge on any atom is 0.387 e. The maximum atomic E-state index is 12.1. The number of hydrogen-bond acceptors (Lipinski definition) is 3. The number of rotatable bonds is 7. The summed E-state index contributed by atoms with van der Waals surface area (Å²) in [5.74, 6) is -0.162. The molecule has 0 atom stereocenters. The molecule has 1 N–H and O–H groups in total. The zero-order chi connectivity index (χ0) is 18.2. The van der Waals surface area contributed by atoms with E-state index in [1.807, 2.05) is 13.0 Å². The molecule has 0 heterocycles. The molecule has 0 aromatic heterocycles. The summed E-state index contributed by atoms with van der Waals surface area (Å²) in [6.45, 7) is -1.01. The third kappa shape index (κ3) is 6.26. The summed E-state index contributed by atoms with van der Waals surface area (Å²) in [5.41, 5.74) is 4.75. The molecule has 0 spiro atoms. The lowest BCUT2D eigenvalue weighted by molar-refractivity contribution is -0.0498. The van der Waals surface area contributed by atoms with Crippen molar-refractivity contribution in [3.8, 4) is 5.75 Å². The molecule has 0 aliphatic carbocycles. The van der Waals surface area contributed by atoms with Gasteiger partial charge in [0, 0.05) is 10.2 Å². The van der Waals surface area contributed by atoms with Crippen LogP contribution in [-0.2, 0) is 6.42 Å². The topological polar surface area (TPSA) is 50.7 Å². The van der Waals surface area contributed by atoms with Crippen molar-refractivity contribution in [1.29, 1.82) is 0 Å². The lowest BCUT2D eigenvalue weighted by Gasteiger charge is -2.06. The van der Waals surface area contributed by atoms with Crippen LogP contribution in [0.15, 0.2) is 58.1 Å². The van der Waals surface area contributed by atoms with Gasteiger partial charge in [-0.3, -0.25) is 4.79 Å². The van der Waals surface area contributed by atoms with Gasteiger partial charge in [-0.15, -0.1) is 0 Å². The molecular formula is C18H17BrF2N2O2.